The lowest BCUT2D eigenvalue weighted by molar-refractivity contribution is -0.141. The molecule has 1 saturated heterocycles. The summed E-state index contributed by atoms with van der Waals surface area (Å²) in [5.74, 6) is 0.343. The molecule has 6 nitrogen and oxygen atoms in total. The monoisotopic (exact) mass is 264 g/mol. The number of nitrogens with one attached hydrogen (secondary N) is 1. The van der Waals surface area contributed by atoms with E-state index >= 15 is 0 Å². The molecule has 104 valence electrons. The average Bonchev–Trinajstić information content (AvgIpc) is 2.97. The molecule has 3 rings (SSSR count). The van der Waals surface area contributed by atoms with Crippen LogP contribution in [0.5, 0.6) is 0 Å². The molecular weight excluding hydrogens is 244 g/mol. The average molecular weight is 264 g/mol. The van der Waals surface area contributed by atoms with Crippen LogP contribution in [0.1, 0.15) is 25.8 Å². The zero-order chi connectivity index (χ0) is 13.4. The van der Waals surface area contributed by atoms with Crippen LogP contribution in [0.15, 0.2) is 18.5 Å². The van der Waals surface area contributed by atoms with Gasteiger partial charge in [0.05, 0.1) is 12.1 Å². The SMILES string of the molecule is CC(C(=O)NC1C(N)C2CCCOC21)n1cccn1. The van der Waals surface area contributed by atoms with E-state index in [1.54, 1.807) is 23.1 Å². The van der Waals surface area contributed by atoms with E-state index in [1.165, 1.54) is 0 Å². The molecule has 1 aliphatic heterocycles. The first-order chi connectivity index (χ1) is 9.18. The third-order valence-corrected chi connectivity index (χ3v) is 4.29. The molecule has 1 aromatic rings. The van der Waals surface area contributed by atoms with Crippen molar-refractivity contribution in [2.24, 2.45) is 11.7 Å². The molecule has 1 saturated carbocycles. The second kappa shape index (κ2) is 4.94. The number of rotatable bonds is 3. The predicted octanol–water partition coefficient (Wildman–Crippen LogP) is 0.0650. The number of carbonyl (C=O) groups is 1. The molecule has 19 heavy (non-hydrogen) atoms. The molecule has 6 heteroatoms. The summed E-state index contributed by atoms with van der Waals surface area (Å²) in [6.45, 7) is 2.60. The zero-order valence-electron chi connectivity index (χ0n) is 11.0. The van der Waals surface area contributed by atoms with Crippen LogP contribution in [0.2, 0.25) is 0 Å². The Morgan fingerprint density at radius 1 is 1.63 bits per heavy atom. The van der Waals surface area contributed by atoms with Gasteiger partial charge in [0.15, 0.2) is 0 Å². The summed E-state index contributed by atoms with van der Waals surface area (Å²) in [7, 11) is 0. The topological polar surface area (TPSA) is 82.2 Å². The van der Waals surface area contributed by atoms with E-state index in [1.807, 2.05) is 6.92 Å². The van der Waals surface area contributed by atoms with Gasteiger partial charge in [0.25, 0.3) is 0 Å². The third-order valence-electron chi connectivity index (χ3n) is 4.29. The molecule has 0 aromatic carbocycles. The number of amides is 1. The lowest BCUT2D eigenvalue weighted by Crippen LogP contribution is -2.72. The van der Waals surface area contributed by atoms with E-state index in [0.29, 0.717) is 5.92 Å². The Labute approximate surface area is 112 Å². The summed E-state index contributed by atoms with van der Waals surface area (Å²) >= 11 is 0. The number of fused-ring (bicyclic) bond motifs is 1. The molecule has 1 aliphatic carbocycles. The van der Waals surface area contributed by atoms with Gasteiger partial charge in [-0.1, -0.05) is 0 Å². The first-order valence-electron chi connectivity index (χ1n) is 6.85. The minimum Gasteiger partial charge on any atom is -0.376 e. The number of nitrogens with zero attached hydrogens (tertiary/aromatic N) is 2. The molecule has 3 N–H and O–H groups in total. The summed E-state index contributed by atoms with van der Waals surface area (Å²) in [6, 6.07) is 1.43. The van der Waals surface area contributed by atoms with Gasteiger partial charge in [-0.15, -0.1) is 0 Å². The van der Waals surface area contributed by atoms with Crippen molar-refractivity contribution in [3.63, 3.8) is 0 Å². The highest BCUT2D eigenvalue weighted by Crippen LogP contribution is 2.37. The van der Waals surface area contributed by atoms with Gasteiger partial charge in [0.2, 0.25) is 5.91 Å². The second-order valence-corrected chi connectivity index (χ2v) is 5.42. The minimum absolute atomic E-state index is 0.0130. The van der Waals surface area contributed by atoms with Crippen LogP contribution in [0, 0.1) is 5.92 Å². The fourth-order valence-electron chi connectivity index (χ4n) is 3.04. The van der Waals surface area contributed by atoms with E-state index in [4.69, 9.17) is 10.5 Å². The number of ether oxygens (including phenoxy) is 1. The Balaban J connectivity index is 1.61. The molecule has 1 amide bonds. The number of carbonyl (C=O) groups excluding carboxylic acids is 1. The van der Waals surface area contributed by atoms with Gasteiger partial charge in [-0.2, -0.15) is 5.10 Å². The molecule has 1 aromatic heterocycles. The normalized spacial score (nSPS) is 35.1. The Bertz CT molecular complexity index is 448. The van der Waals surface area contributed by atoms with E-state index in [0.717, 1.165) is 19.4 Å². The Kier molecular flexibility index (Phi) is 3.28. The van der Waals surface area contributed by atoms with E-state index in [2.05, 4.69) is 10.4 Å². The van der Waals surface area contributed by atoms with Crippen LogP contribution < -0.4 is 11.1 Å². The predicted molar refractivity (Wildman–Crippen MR) is 69.3 cm³/mol. The van der Waals surface area contributed by atoms with Gasteiger partial charge in [0, 0.05) is 31.0 Å². The summed E-state index contributed by atoms with van der Waals surface area (Å²) in [5, 5.41) is 7.09. The summed E-state index contributed by atoms with van der Waals surface area (Å²) in [6.07, 6.45) is 5.72. The maximum absolute atomic E-state index is 12.2. The fourth-order valence-corrected chi connectivity index (χ4v) is 3.04. The van der Waals surface area contributed by atoms with E-state index in [-0.39, 0.29) is 30.1 Å². The van der Waals surface area contributed by atoms with Crippen molar-refractivity contribution in [1.29, 1.82) is 0 Å². The quantitative estimate of drug-likeness (QED) is 0.809. The molecule has 0 spiro atoms. The lowest BCUT2D eigenvalue weighted by Gasteiger charge is -2.52. The van der Waals surface area contributed by atoms with Crippen LogP contribution in [0.4, 0.5) is 0 Å². The maximum atomic E-state index is 12.2. The summed E-state index contributed by atoms with van der Waals surface area (Å²) in [4.78, 5) is 12.2. The maximum Gasteiger partial charge on any atom is 0.244 e. The van der Waals surface area contributed by atoms with E-state index in [9.17, 15) is 4.79 Å². The zero-order valence-corrected chi connectivity index (χ0v) is 11.0. The number of hydrogen-bond donors (Lipinski definition) is 2. The molecule has 0 bridgehead atoms. The smallest absolute Gasteiger partial charge is 0.244 e. The Hall–Kier alpha value is -1.40. The summed E-state index contributed by atoms with van der Waals surface area (Å²) in [5.41, 5.74) is 6.13. The van der Waals surface area contributed by atoms with Gasteiger partial charge >= 0.3 is 0 Å². The van der Waals surface area contributed by atoms with Crippen LogP contribution in [0.3, 0.4) is 0 Å². The van der Waals surface area contributed by atoms with Crippen LogP contribution in [0.25, 0.3) is 0 Å². The number of aromatic nitrogens is 2. The van der Waals surface area contributed by atoms with Gasteiger partial charge < -0.3 is 15.8 Å². The van der Waals surface area contributed by atoms with Gasteiger partial charge in [-0.3, -0.25) is 9.48 Å². The highest BCUT2D eigenvalue weighted by atomic mass is 16.5. The molecule has 2 aliphatic rings. The van der Waals surface area contributed by atoms with Crippen molar-refractivity contribution in [2.45, 2.75) is 44.0 Å². The van der Waals surface area contributed by atoms with Crippen LogP contribution in [-0.2, 0) is 9.53 Å². The second-order valence-electron chi connectivity index (χ2n) is 5.42. The van der Waals surface area contributed by atoms with Crippen molar-refractivity contribution in [3.8, 4) is 0 Å². The van der Waals surface area contributed by atoms with Gasteiger partial charge in [0.1, 0.15) is 6.04 Å². The van der Waals surface area contributed by atoms with Crippen molar-refractivity contribution in [1.82, 2.24) is 15.1 Å². The van der Waals surface area contributed by atoms with Crippen molar-refractivity contribution in [3.05, 3.63) is 18.5 Å². The molecule has 2 heterocycles. The fraction of sp³-hybridized carbons (Fsp3) is 0.692. The molecular formula is C13H20N4O2. The minimum atomic E-state index is -0.329. The molecule has 5 atom stereocenters. The standard InChI is InChI=1S/C13H20N4O2/c1-8(17-6-3-5-15-17)13(18)16-11-10(14)9-4-2-7-19-12(9)11/h3,5-6,8-12H,2,4,7,14H2,1H3,(H,16,18). The van der Waals surface area contributed by atoms with Crippen molar-refractivity contribution >= 4 is 5.91 Å². The first-order valence-corrected chi connectivity index (χ1v) is 6.85. The van der Waals surface area contributed by atoms with Gasteiger partial charge in [-0.05, 0) is 25.8 Å². The number of hydrogen-bond acceptors (Lipinski definition) is 4. The Morgan fingerprint density at radius 3 is 3.21 bits per heavy atom. The van der Waals surface area contributed by atoms with Crippen molar-refractivity contribution in [2.75, 3.05) is 6.61 Å². The van der Waals surface area contributed by atoms with Crippen LogP contribution in [-0.4, -0.2) is 40.5 Å². The molecule has 2 fully saturated rings. The van der Waals surface area contributed by atoms with Crippen LogP contribution >= 0.6 is 0 Å². The van der Waals surface area contributed by atoms with Gasteiger partial charge in [-0.25, -0.2) is 0 Å². The molecule has 0 radical (unpaired) electrons. The highest BCUT2D eigenvalue weighted by molar-refractivity contribution is 5.80. The largest absolute Gasteiger partial charge is 0.376 e. The number of nitrogens with two attached hydrogens (primary N) is 1. The molecule has 5 unspecified atom stereocenters. The highest BCUT2D eigenvalue weighted by Gasteiger charge is 2.51. The summed E-state index contributed by atoms with van der Waals surface area (Å²) < 4.78 is 7.35. The first kappa shape index (κ1) is 12.6. The van der Waals surface area contributed by atoms with E-state index < -0.39 is 0 Å². The Morgan fingerprint density at radius 2 is 2.47 bits per heavy atom. The lowest BCUT2D eigenvalue weighted by atomic mass is 9.68. The van der Waals surface area contributed by atoms with Crippen molar-refractivity contribution < 1.29 is 9.53 Å². The third kappa shape index (κ3) is 2.15.